The zero-order chi connectivity index (χ0) is 22.8. The number of benzene rings is 1. The highest BCUT2D eigenvalue weighted by molar-refractivity contribution is 5.98. The summed E-state index contributed by atoms with van der Waals surface area (Å²) in [6.45, 7) is 6.24. The molecule has 2 heterocycles. The molecule has 9 heteroatoms. The Morgan fingerprint density at radius 1 is 1.18 bits per heavy atom. The number of rotatable bonds is 12. The SMILES string of the molecule is CCCCCCCCCO/N=C(/C)c1ccc(-c2noc([C@@H]3CCN(C(=N)N)C3)n2)cc1.Cl. The van der Waals surface area contributed by atoms with E-state index in [-0.39, 0.29) is 24.3 Å². The molecule has 3 N–H and O–H groups in total. The molecule has 2 aromatic rings. The van der Waals surface area contributed by atoms with E-state index in [0.29, 0.717) is 24.9 Å². The summed E-state index contributed by atoms with van der Waals surface area (Å²) in [7, 11) is 0. The molecule has 3 rings (SSSR count). The minimum atomic E-state index is 0. The number of aromatic nitrogens is 2. The van der Waals surface area contributed by atoms with Crippen molar-refractivity contribution in [2.75, 3.05) is 19.7 Å². The highest BCUT2D eigenvalue weighted by Gasteiger charge is 2.29. The van der Waals surface area contributed by atoms with E-state index in [4.69, 9.17) is 20.5 Å². The van der Waals surface area contributed by atoms with Gasteiger partial charge in [-0.05, 0) is 31.7 Å². The van der Waals surface area contributed by atoms with Gasteiger partial charge in [-0.3, -0.25) is 5.41 Å². The lowest BCUT2D eigenvalue weighted by Crippen LogP contribution is -2.34. The van der Waals surface area contributed by atoms with Crippen LogP contribution in [0.25, 0.3) is 11.4 Å². The van der Waals surface area contributed by atoms with Gasteiger partial charge in [-0.2, -0.15) is 4.98 Å². The van der Waals surface area contributed by atoms with Crippen LogP contribution in [0.5, 0.6) is 0 Å². The summed E-state index contributed by atoms with van der Waals surface area (Å²) in [5.41, 5.74) is 8.31. The highest BCUT2D eigenvalue weighted by atomic mass is 35.5. The number of guanidine groups is 1. The first kappa shape index (κ1) is 26.6. The highest BCUT2D eigenvalue weighted by Crippen LogP contribution is 2.27. The van der Waals surface area contributed by atoms with Gasteiger partial charge in [0.15, 0.2) is 5.96 Å². The van der Waals surface area contributed by atoms with E-state index in [1.807, 2.05) is 36.1 Å². The second kappa shape index (κ2) is 13.8. The zero-order valence-electron chi connectivity index (χ0n) is 19.8. The number of halogens is 1. The third-order valence-corrected chi connectivity index (χ3v) is 5.92. The van der Waals surface area contributed by atoms with Crippen molar-refractivity contribution in [3.63, 3.8) is 0 Å². The van der Waals surface area contributed by atoms with Crippen molar-refractivity contribution in [1.29, 1.82) is 5.41 Å². The Labute approximate surface area is 202 Å². The Balaban J connectivity index is 0.00000385. The first-order valence-corrected chi connectivity index (χ1v) is 11.8. The molecule has 1 aliphatic heterocycles. The average Bonchev–Trinajstić information content (AvgIpc) is 3.48. The fourth-order valence-corrected chi connectivity index (χ4v) is 3.88. The minimum absolute atomic E-state index is 0. The largest absolute Gasteiger partial charge is 0.396 e. The van der Waals surface area contributed by atoms with Gasteiger partial charge in [-0.25, -0.2) is 0 Å². The predicted octanol–water partition coefficient (Wildman–Crippen LogP) is 5.33. The van der Waals surface area contributed by atoms with Gasteiger partial charge >= 0.3 is 0 Å². The second-order valence-electron chi connectivity index (χ2n) is 8.48. The molecular weight excluding hydrogens is 440 g/mol. The van der Waals surface area contributed by atoms with Gasteiger partial charge in [0.05, 0.1) is 11.6 Å². The van der Waals surface area contributed by atoms with Crippen molar-refractivity contribution in [3.8, 4) is 11.4 Å². The van der Waals surface area contributed by atoms with E-state index < -0.39 is 0 Å². The van der Waals surface area contributed by atoms with Crippen molar-refractivity contribution < 1.29 is 9.36 Å². The van der Waals surface area contributed by atoms with E-state index in [1.165, 1.54) is 38.5 Å². The molecule has 8 nitrogen and oxygen atoms in total. The molecule has 1 saturated heterocycles. The molecule has 1 aromatic heterocycles. The van der Waals surface area contributed by atoms with E-state index in [0.717, 1.165) is 36.2 Å². The molecular formula is C24H37ClN6O2. The monoisotopic (exact) mass is 476 g/mol. The van der Waals surface area contributed by atoms with Crippen LogP contribution >= 0.6 is 12.4 Å². The maximum absolute atomic E-state index is 7.56. The Kier molecular flexibility index (Phi) is 11.2. The van der Waals surface area contributed by atoms with E-state index in [1.54, 1.807) is 0 Å². The number of oxime groups is 1. The molecule has 0 amide bonds. The number of hydrogen-bond acceptors (Lipinski definition) is 6. The summed E-state index contributed by atoms with van der Waals surface area (Å²) in [6, 6.07) is 7.92. The van der Waals surface area contributed by atoms with Crippen LogP contribution in [0.15, 0.2) is 33.9 Å². The van der Waals surface area contributed by atoms with E-state index in [2.05, 4.69) is 22.2 Å². The number of nitrogens with zero attached hydrogens (tertiary/aromatic N) is 4. The lowest BCUT2D eigenvalue weighted by Gasteiger charge is -2.14. The lowest BCUT2D eigenvalue weighted by atomic mass is 10.1. The smallest absolute Gasteiger partial charge is 0.231 e. The Bertz CT molecular complexity index is 883. The molecule has 0 radical (unpaired) electrons. The third kappa shape index (κ3) is 8.03. The van der Waals surface area contributed by atoms with Gasteiger partial charge < -0.3 is 20.0 Å². The molecule has 1 aromatic carbocycles. The number of hydrogen-bond donors (Lipinski definition) is 2. The third-order valence-electron chi connectivity index (χ3n) is 5.92. The Morgan fingerprint density at radius 3 is 2.55 bits per heavy atom. The molecule has 0 saturated carbocycles. The summed E-state index contributed by atoms with van der Waals surface area (Å²) < 4.78 is 5.48. The van der Waals surface area contributed by atoms with Crippen molar-refractivity contribution in [3.05, 3.63) is 35.7 Å². The van der Waals surface area contributed by atoms with Crippen molar-refractivity contribution in [1.82, 2.24) is 15.0 Å². The number of nitrogens with two attached hydrogens (primary N) is 1. The summed E-state index contributed by atoms with van der Waals surface area (Å²) in [4.78, 5) is 11.9. The van der Waals surface area contributed by atoms with E-state index in [9.17, 15) is 0 Å². The molecule has 0 unspecified atom stereocenters. The average molecular weight is 477 g/mol. The standard InChI is InChI=1S/C24H36N6O2.ClH/c1-3-4-5-6-7-8-9-16-31-28-18(2)19-10-12-20(13-11-19)22-27-23(32-29-22)21-14-15-30(17-21)24(25)26;/h10-13,21H,3-9,14-17H2,1-2H3,(H3,25,26);1H/b28-18-;/t21-;/m1./s1. The summed E-state index contributed by atoms with van der Waals surface area (Å²) >= 11 is 0. The van der Waals surface area contributed by atoms with Crippen LogP contribution in [0.4, 0.5) is 0 Å². The van der Waals surface area contributed by atoms with Gasteiger partial charge in [0.25, 0.3) is 0 Å². The Morgan fingerprint density at radius 2 is 1.88 bits per heavy atom. The summed E-state index contributed by atoms with van der Waals surface area (Å²) in [6.07, 6.45) is 9.68. The maximum atomic E-state index is 7.56. The lowest BCUT2D eigenvalue weighted by molar-refractivity contribution is 0.139. The molecule has 1 aliphatic rings. The van der Waals surface area contributed by atoms with Crippen LogP contribution in [0.2, 0.25) is 0 Å². The normalized spacial score (nSPS) is 16.0. The summed E-state index contributed by atoms with van der Waals surface area (Å²) in [5, 5.41) is 15.9. The van der Waals surface area contributed by atoms with Gasteiger partial charge in [-0.1, -0.05) is 73.6 Å². The predicted molar refractivity (Wildman–Crippen MR) is 134 cm³/mol. The first-order valence-electron chi connectivity index (χ1n) is 11.8. The zero-order valence-corrected chi connectivity index (χ0v) is 20.6. The van der Waals surface area contributed by atoms with E-state index >= 15 is 0 Å². The van der Waals surface area contributed by atoms with Crippen LogP contribution < -0.4 is 5.73 Å². The molecule has 0 bridgehead atoms. The molecule has 182 valence electrons. The fourth-order valence-electron chi connectivity index (χ4n) is 3.88. The van der Waals surface area contributed by atoms with Crippen LogP contribution in [-0.2, 0) is 4.84 Å². The number of nitrogens with one attached hydrogen (secondary N) is 1. The Hall–Kier alpha value is -2.61. The minimum Gasteiger partial charge on any atom is -0.396 e. The van der Waals surface area contributed by atoms with Crippen LogP contribution in [0.3, 0.4) is 0 Å². The molecule has 1 atom stereocenters. The van der Waals surface area contributed by atoms with Crippen molar-refractivity contribution in [2.45, 2.75) is 71.1 Å². The molecule has 0 aliphatic carbocycles. The van der Waals surface area contributed by atoms with Gasteiger partial charge in [0.2, 0.25) is 11.7 Å². The fraction of sp³-hybridized carbons (Fsp3) is 0.583. The summed E-state index contributed by atoms with van der Waals surface area (Å²) in [5.74, 6) is 1.37. The molecule has 0 spiro atoms. The van der Waals surface area contributed by atoms with Crippen molar-refractivity contribution >= 4 is 24.1 Å². The first-order chi connectivity index (χ1) is 15.6. The second-order valence-corrected chi connectivity index (χ2v) is 8.48. The topological polar surface area (TPSA) is 114 Å². The quantitative estimate of drug-likeness (QED) is 0.185. The van der Waals surface area contributed by atoms with Crippen molar-refractivity contribution in [2.24, 2.45) is 10.9 Å². The van der Waals surface area contributed by atoms with Crippen LogP contribution in [0, 0.1) is 5.41 Å². The molecule has 33 heavy (non-hydrogen) atoms. The van der Waals surface area contributed by atoms with Crippen LogP contribution in [0.1, 0.15) is 82.6 Å². The molecule has 1 fully saturated rings. The van der Waals surface area contributed by atoms with Crippen LogP contribution in [-0.4, -0.2) is 46.4 Å². The van der Waals surface area contributed by atoms with Gasteiger partial charge in [0, 0.05) is 18.7 Å². The number of unbranched alkanes of at least 4 members (excludes halogenated alkanes) is 6. The number of likely N-dealkylation sites (tertiary alicyclic amines) is 1. The van der Waals surface area contributed by atoms with Gasteiger partial charge in [-0.15, -0.1) is 12.4 Å². The maximum Gasteiger partial charge on any atom is 0.231 e. The van der Waals surface area contributed by atoms with Gasteiger partial charge in [0.1, 0.15) is 6.61 Å².